The van der Waals surface area contributed by atoms with Crippen LogP contribution >= 0.6 is 24.0 Å². The Morgan fingerprint density at radius 3 is 2.96 bits per heavy atom. The molecule has 28 heavy (non-hydrogen) atoms. The standard InChI is InChI=1S/C21H27N5O.HI/c1-3-22-21(26-11-9-17(15-26)18-13-24-25(2)14-18)23-10-8-19-12-16-6-4-5-7-20(16)27-19;/h4-7,12-14,17H,3,8-11,15H2,1-2H3,(H,22,23);1H. The molecule has 0 saturated carbocycles. The average molecular weight is 493 g/mol. The summed E-state index contributed by atoms with van der Waals surface area (Å²) >= 11 is 0. The Hall–Kier alpha value is -2.03. The average Bonchev–Trinajstić information content (AvgIpc) is 3.39. The van der Waals surface area contributed by atoms with Crippen molar-refractivity contribution in [3.05, 3.63) is 54.0 Å². The first-order valence-electron chi connectivity index (χ1n) is 9.72. The fourth-order valence-corrected chi connectivity index (χ4v) is 3.73. The van der Waals surface area contributed by atoms with Gasteiger partial charge in [-0.25, -0.2) is 0 Å². The maximum atomic E-state index is 5.90. The fourth-order valence-electron chi connectivity index (χ4n) is 3.73. The molecule has 1 saturated heterocycles. The zero-order valence-electron chi connectivity index (χ0n) is 16.5. The number of benzene rings is 1. The van der Waals surface area contributed by atoms with Gasteiger partial charge >= 0.3 is 0 Å². The molecule has 1 unspecified atom stereocenters. The molecule has 0 aliphatic carbocycles. The van der Waals surface area contributed by atoms with Crippen molar-refractivity contribution in [2.24, 2.45) is 12.0 Å². The van der Waals surface area contributed by atoms with Gasteiger partial charge in [-0.3, -0.25) is 9.67 Å². The van der Waals surface area contributed by atoms with E-state index < -0.39 is 0 Å². The second kappa shape index (κ2) is 9.45. The van der Waals surface area contributed by atoms with Gasteiger partial charge in [-0.05, 0) is 31.0 Å². The van der Waals surface area contributed by atoms with E-state index in [4.69, 9.17) is 9.41 Å². The highest BCUT2D eigenvalue weighted by molar-refractivity contribution is 14.0. The van der Waals surface area contributed by atoms with Crippen molar-refractivity contribution in [1.82, 2.24) is 20.0 Å². The molecular formula is C21H28IN5O. The van der Waals surface area contributed by atoms with Crippen LogP contribution in [0.3, 0.4) is 0 Å². The topological polar surface area (TPSA) is 58.6 Å². The second-order valence-electron chi connectivity index (χ2n) is 7.12. The molecule has 3 aromatic rings. The van der Waals surface area contributed by atoms with Gasteiger partial charge in [-0.1, -0.05) is 18.2 Å². The number of hydrogen-bond donors (Lipinski definition) is 1. The molecule has 1 aliphatic heterocycles. The molecule has 0 radical (unpaired) electrons. The Balaban J connectivity index is 0.00000225. The van der Waals surface area contributed by atoms with Crippen molar-refractivity contribution < 1.29 is 4.42 Å². The number of para-hydroxylation sites is 1. The summed E-state index contributed by atoms with van der Waals surface area (Å²) in [5.41, 5.74) is 2.26. The van der Waals surface area contributed by atoms with E-state index in [-0.39, 0.29) is 24.0 Å². The molecule has 1 atom stereocenters. The van der Waals surface area contributed by atoms with Gasteiger partial charge in [-0.2, -0.15) is 5.10 Å². The van der Waals surface area contributed by atoms with E-state index >= 15 is 0 Å². The Bertz CT molecular complexity index is 899. The lowest BCUT2D eigenvalue weighted by Crippen LogP contribution is -2.40. The number of hydrogen-bond acceptors (Lipinski definition) is 3. The molecule has 1 aliphatic rings. The van der Waals surface area contributed by atoms with Gasteiger partial charge in [0.2, 0.25) is 0 Å². The van der Waals surface area contributed by atoms with Crippen LogP contribution < -0.4 is 5.32 Å². The molecule has 1 aromatic carbocycles. The van der Waals surface area contributed by atoms with Crippen molar-refractivity contribution in [2.75, 3.05) is 26.2 Å². The van der Waals surface area contributed by atoms with Crippen molar-refractivity contribution in [1.29, 1.82) is 0 Å². The zero-order chi connectivity index (χ0) is 18.6. The van der Waals surface area contributed by atoms with Gasteiger partial charge in [0.25, 0.3) is 0 Å². The molecule has 0 amide bonds. The summed E-state index contributed by atoms with van der Waals surface area (Å²) in [4.78, 5) is 7.21. The predicted molar refractivity (Wildman–Crippen MR) is 123 cm³/mol. The molecule has 1 fully saturated rings. The van der Waals surface area contributed by atoms with Crippen LogP contribution in [-0.4, -0.2) is 46.8 Å². The molecule has 4 rings (SSSR count). The minimum absolute atomic E-state index is 0. The second-order valence-corrected chi connectivity index (χ2v) is 7.12. The largest absolute Gasteiger partial charge is 0.461 e. The van der Waals surface area contributed by atoms with Gasteiger partial charge in [0, 0.05) is 57.1 Å². The Morgan fingerprint density at radius 2 is 2.21 bits per heavy atom. The molecule has 0 bridgehead atoms. The number of guanidine groups is 1. The number of furan rings is 1. The number of rotatable bonds is 5. The number of likely N-dealkylation sites (tertiary alicyclic amines) is 1. The van der Waals surface area contributed by atoms with Crippen molar-refractivity contribution in [2.45, 2.75) is 25.7 Å². The van der Waals surface area contributed by atoms with Crippen LogP contribution in [0.15, 0.2) is 52.1 Å². The number of nitrogens with one attached hydrogen (secondary N) is 1. The first-order chi connectivity index (χ1) is 13.2. The first kappa shape index (κ1) is 20.7. The number of fused-ring (bicyclic) bond motifs is 1. The minimum atomic E-state index is 0. The molecule has 150 valence electrons. The number of halogens is 1. The number of nitrogens with zero attached hydrogens (tertiary/aromatic N) is 4. The van der Waals surface area contributed by atoms with Crippen LogP contribution in [0.1, 0.15) is 30.6 Å². The predicted octanol–water partition coefficient (Wildman–Crippen LogP) is 3.78. The van der Waals surface area contributed by atoms with Gasteiger partial charge in [0.1, 0.15) is 11.3 Å². The van der Waals surface area contributed by atoms with Gasteiger partial charge in [0.15, 0.2) is 5.96 Å². The Kier molecular flexibility index (Phi) is 6.98. The lowest BCUT2D eigenvalue weighted by atomic mass is 10.0. The lowest BCUT2D eigenvalue weighted by Gasteiger charge is -2.21. The Labute approximate surface area is 183 Å². The minimum Gasteiger partial charge on any atom is -0.461 e. The highest BCUT2D eigenvalue weighted by Gasteiger charge is 2.26. The monoisotopic (exact) mass is 493 g/mol. The third kappa shape index (κ3) is 4.68. The Morgan fingerprint density at radius 1 is 1.36 bits per heavy atom. The van der Waals surface area contributed by atoms with Crippen LogP contribution in [0.25, 0.3) is 11.0 Å². The lowest BCUT2D eigenvalue weighted by molar-refractivity contribution is 0.484. The van der Waals surface area contributed by atoms with Gasteiger partial charge < -0.3 is 14.6 Å². The molecule has 6 nitrogen and oxygen atoms in total. The maximum absolute atomic E-state index is 5.90. The summed E-state index contributed by atoms with van der Waals surface area (Å²) < 4.78 is 7.78. The van der Waals surface area contributed by atoms with E-state index in [2.05, 4.69) is 40.6 Å². The molecule has 1 N–H and O–H groups in total. The van der Waals surface area contributed by atoms with Gasteiger partial charge in [-0.15, -0.1) is 24.0 Å². The summed E-state index contributed by atoms with van der Waals surface area (Å²) in [6.07, 6.45) is 6.06. The molecule has 0 spiro atoms. The number of aryl methyl sites for hydroxylation is 1. The van der Waals surface area contributed by atoms with E-state index in [9.17, 15) is 0 Å². The highest BCUT2D eigenvalue weighted by Crippen LogP contribution is 2.26. The van der Waals surface area contributed by atoms with E-state index in [1.807, 2.05) is 36.1 Å². The quantitative estimate of drug-likeness (QED) is 0.334. The SMILES string of the molecule is CCNC(=NCCc1cc2ccccc2o1)N1CCC(c2cnn(C)c2)C1.I. The summed E-state index contributed by atoms with van der Waals surface area (Å²) in [6.45, 7) is 5.72. The van der Waals surface area contributed by atoms with Crippen molar-refractivity contribution >= 4 is 40.9 Å². The third-order valence-electron chi connectivity index (χ3n) is 5.12. The van der Waals surface area contributed by atoms with Crippen LogP contribution in [-0.2, 0) is 13.5 Å². The van der Waals surface area contributed by atoms with Crippen molar-refractivity contribution in [3.63, 3.8) is 0 Å². The van der Waals surface area contributed by atoms with Crippen LogP contribution in [0.5, 0.6) is 0 Å². The van der Waals surface area contributed by atoms with E-state index in [0.29, 0.717) is 5.92 Å². The third-order valence-corrected chi connectivity index (χ3v) is 5.12. The van der Waals surface area contributed by atoms with Gasteiger partial charge in [0.05, 0.1) is 6.20 Å². The molecule has 2 aromatic heterocycles. The molecule has 7 heteroatoms. The normalized spacial score (nSPS) is 17.1. The smallest absolute Gasteiger partial charge is 0.193 e. The zero-order valence-corrected chi connectivity index (χ0v) is 18.8. The summed E-state index contributed by atoms with van der Waals surface area (Å²) in [6, 6.07) is 10.2. The first-order valence-corrected chi connectivity index (χ1v) is 9.72. The molecular weight excluding hydrogens is 465 g/mol. The molecule has 3 heterocycles. The summed E-state index contributed by atoms with van der Waals surface area (Å²) in [5.74, 6) is 2.52. The van der Waals surface area contributed by atoms with E-state index in [0.717, 1.165) is 61.7 Å². The van der Waals surface area contributed by atoms with Crippen LogP contribution in [0, 0.1) is 0 Å². The summed E-state index contributed by atoms with van der Waals surface area (Å²) in [5, 5.41) is 8.90. The van der Waals surface area contributed by atoms with Crippen LogP contribution in [0.4, 0.5) is 0 Å². The maximum Gasteiger partial charge on any atom is 0.193 e. The number of aliphatic imine (C=N–C) groups is 1. The summed E-state index contributed by atoms with van der Waals surface area (Å²) in [7, 11) is 1.97. The van der Waals surface area contributed by atoms with Crippen LogP contribution in [0.2, 0.25) is 0 Å². The van der Waals surface area contributed by atoms with E-state index in [1.165, 1.54) is 5.56 Å². The van der Waals surface area contributed by atoms with Crippen molar-refractivity contribution in [3.8, 4) is 0 Å². The number of aromatic nitrogens is 2. The highest BCUT2D eigenvalue weighted by atomic mass is 127. The van der Waals surface area contributed by atoms with E-state index in [1.54, 1.807) is 0 Å². The fraction of sp³-hybridized carbons (Fsp3) is 0.429.